The van der Waals surface area contributed by atoms with Crippen molar-refractivity contribution in [2.24, 2.45) is 5.92 Å². The van der Waals surface area contributed by atoms with Crippen LogP contribution in [0.1, 0.15) is 20.3 Å². The van der Waals surface area contributed by atoms with Gasteiger partial charge < -0.3 is 4.90 Å². The van der Waals surface area contributed by atoms with Crippen molar-refractivity contribution >= 4 is 19.7 Å². The first-order valence-corrected chi connectivity index (χ1v) is 7.61. The Bertz CT molecular complexity index is 337. The highest BCUT2D eigenvalue weighted by Crippen LogP contribution is 2.25. The van der Waals surface area contributed by atoms with Gasteiger partial charge in [-0.25, -0.2) is 8.42 Å². The molecule has 1 heterocycles. The molecule has 1 rings (SSSR count). The van der Waals surface area contributed by atoms with Gasteiger partial charge in [0.05, 0.1) is 5.75 Å². The topological polar surface area (TPSA) is 37.4 Å². The van der Waals surface area contributed by atoms with Crippen molar-refractivity contribution in [1.29, 1.82) is 0 Å². The second-order valence-electron chi connectivity index (χ2n) is 4.42. The molecule has 0 saturated carbocycles. The maximum Gasteiger partial charge on any atom is 0.236 e. The van der Waals surface area contributed by atoms with Crippen molar-refractivity contribution in [3.05, 3.63) is 12.2 Å². The van der Waals surface area contributed by atoms with Crippen molar-refractivity contribution in [2.45, 2.75) is 26.3 Å². The van der Waals surface area contributed by atoms with E-state index in [0.29, 0.717) is 6.04 Å². The Labute approximate surface area is 96.5 Å². The largest absolute Gasteiger partial charge is 0.300 e. The van der Waals surface area contributed by atoms with E-state index in [2.05, 4.69) is 25.3 Å². The number of likely N-dealkylation sites (tertiary alicyclic amines) is 1. The minimum Gasteiger partial charge on any atom is -0.300 e. The number of hydrogen-bond donors (Lipinski definition) is 0. The molecule has 1 unspecified atom stereocenters. The van der Waals surface area contributed by atoms with E-state index in [1.54, 1.807) is 0 Å². The fraction of sp³-hybridized carbons (Fsp3) is 0.800. The normalized spacial score (nSPS) is 23.6. The smallest absolute Gasteiger partial charge is 0.236 e. The highest BCUT2D eigenvalue weighted by Gasteiger charge is 2.27. The van der Waals surface area contributed by atoms with E-state index in [9.17, 15) is 8.42 Å². The first-order chi connectivity index (χ1) is 6.79. The molecule has 1 atom stereocenters. The molecule has 15 heavy (non-hydrogen) atoms. The lowest BCUT2D eigenvalue weighted by Crippen LogP contribution is -2.28. The Kier molecular flexibility index (Phi) is 4.20. The fourth-order valence-corrected chi connectivity index (χ4v) is 3.03. The minimum absolute atomic E-state index is 0.0921. The lowest BCUT2D eigenvalue weighted by molar-refractivity contribution is 0.269. The molecule has 1 aliphatic heterocycles. The van der Waals surface area contributed by atoms with Crippen molar-refractivity contribution in [3.63, 3.8) is 0 Å². The van der Waals surface area contributed by atoms with Gasteiger partial charge in [-0.05, 0) is 32.7 Å². The van der Waals surface area contributed by atoms with E-state index in [4.69, 9.17) is 10.7 Å². The molecule has 0 radical (unpaired) electrons. The Morgan fingerprint density at radius 1 is 1.60 bits per heavy atom. The van der Waals surface area contributed by atoms with Gasteiger partial charge in [-0.2, -0.15) is 0 Å². The van der Waals surface area contributed by atoms with Gasteiger partial charge in [-0.1, -0.05) is 12.2 Å². The average molecular weight is 252 g/mol. The number of nitrogens with zero attached hydrogens (tertiary/aromatic N) is 1. The van der Waals surface area contributed by atoms with E-state index < -0.39 is 9.05 Å². The molecular formula is C10H18ClNO2S. The van der Waals surface area contributed by atoms with E-state index >= 15 is 0 Å². The fourth-order valence-electron chi connectivity index (χ4n) is 1.93. The molecule has 0 aliphatic carbocycles. The van der Waals surface area contributed by atoms with E-state index in [-0.39, 0.29) is 11.7 Å². The summed E-state index contributed by atoms with van der Waals surface area (Å²) in [6.45, 7) is 10.0. The maximum atomic E-state index is 10.9. The van der Waals surface area contributed by atoms with Gasteiger partial charge in [0, 0.05) is 23.3 Å². The van der Waals surface area contributed by atoms with Crippen molar-refractivity contribution in [1.82, 2.24) is 4.90 Å². The Morgan fingerprint density at radius 3 is 2.60 bits per heavy atom. The molecule has 3 nitrogen and oxygen atoms in total. The lowest BCUT2D eigenvalue weighted by atomic mass is 10.0. The predicted octanol–water partition coefficient (Wildman–Crippen LogP) is 1.84. The zero-order chi connectivity index (χ0) is 11.6. The van der Waals surface area contributed by atoms with Crippen LogP contribution in [-0.2, 0) is 9.05 Å². The van der Waals surface area contributed by atoms with Gasteiger partial charge in [0.25, 0.3) is 0 Å². The van der Waals surface area contributed by atoms with Gasteiger partial charge >= 0.3 is 0 Å². The number of rotatable bonds is 4. The monoisotopic (exact) mass is 251 g/mol. The molecule has 1 saturated heterocycles. The molecule has 5 heteroatoms. The van der Waals surface area contributed by atoms with Crippen LogP contribution in [0.15, 0.2) is 12.2 Å². The number of halogens is 1. The Balaban J connectivity index is 2.51. The van der Waals surface area contributed by atoms with Gasteiger partial charge in [0.2, 0.25) is 9.05 Å². The zero-order valence-corrected chi connectivity index (χ0v) is 10.8. The lowest BCUT2D eigenvalue weighted by Gasteiger charge is -2.20. The first-order valence-electron chi connectivity index (χ1n) is 5.13. The van der Waals surface area contributed by atoms with Crippen LogP contribution in [-0.4, -0.2) is 38.2 Å². The summed E-state index contributed by atoms with van der Waals surface area (Å²) in [4.78, 5) is 2.33. The standard InChI is InChI=1S/C10H18ClNO2S/c1-8(2)12-5-4-10(6-12)9(3)7-15(11,13)14/h8,10H,3-7H2,1-2H3. The summed E-state index contributed by atoms with van der Waals surface area (Å²) >= 11 is 0. The van der Waals surface area contributed by atoms with Crippen LogP contribution in [0.25, 0.3) is 0 Å². The molecule has 1 fully saturated rings. The first kappa shape index (κ1) is 13.0. The third-order valence-corrected chi connectivity index (χ3v) is 3.93. The van der Waals surface area contributed by atoms with Crippen molar-refractivity contribution < 1.29 is 8.42 Å². The third-order valence-electron chi connectivity index (χ3n) is 2.89. The minimum atomic E-state index is -3.44. The average Bonchev–Trinajstić information content (AvgIpc) is 2.47. The summed E-state index contributed by atoms with van der Waals surface area (Å²) in [6.07, 6.45) is 0.990. The van der Waals surface area contributed by atoms with Crippen LogP contribution >= 0.6 is 10.7 Å². The van der Waals surface area contributed by atoms with Gasteiger partial charge in [0.1, 0.15) is 0 Å². The summed E-state index contributed by atoms with van der Waals surface area (Å²) < 4.78 is 21.8. The molecule has 0 amide bonds. The molecule has 0 aromatic rings. The van der Waals surface area contributed by atoms with Gasteiger partial charge in [0.15, 0.2) is 0 Å². The summed E-state index contributed by atoms with van der Waals surface area (Å²) in [5.41, 5.74) is 0.744. The van der Waals surface area contributed by atoms with E-state index in [1.807, 2.05) is 0 Å². The quantitative estimate of drug-likeness (QED) is 0.565. The third kappa shape index (κ3) is 4.13. The van der Waals surface area contributed by atoms with E-state index in [1.165, 1.54) is 0 Å². The van der Waals surface area contributed by atoms with Crippen LogP contribution in [0.4, 0.5) is 0 Å². The maximum absolute atomic E-state index is 10.9. The number of hydrogen-bond acceptors (Lipinski definition) is 3. The highest BCUT2D eigenvalue weighted by molar-refractivity contribution is 8.13. The second-order valence-corrected chi connectivity index (χ2v) is 7.19. The molecule has 0 N–H and O–H groups in total. The second kappa shape index (κ2) is 4.85. The molecular weight excluding hydrogens is 234 g/mol. The molecule has 0 aromatic heterocycles. The molecule has 0 aromatic carbocycles. The summed E-state index contributed by atoms with van der Waals surface area (Å²) in [6, 6.07) is 0.510. The van der Waals surface area contributed by atoms with Gasteiger partial charge in [-0.3, -0.25) is 0 Å². The molecule has 0 spiro atoms. The summed E-state index contributed by atoms with van der Waals surface area (Å²) in [7, 11) is 1.76. The van der Waals surface area contributed by atoms with Crippen LogP contribution in [0, 0.1) is 5.92 Å². The SMILES string of the molecule is C=C(CS(=O)(=O)Cl)C1CCN(C(C)C)C1. The Morgan fingerprint density at radius 2 is 2.20 bits per heavy atom. The summed E-state index contributed by atoms with van der Waals surface area (Å²) in [5, 5.41) is 0. The highest BCUT2D eigenvalue weighted by atomic mass is 35.7. The van der Waals surface area contributed by atoms with Crippen LogP contribution in [0.2, 0.25) is 0 Å². The Hall–Kier alpha value is -0.0600. The zero-order valence-electron chi connectivity index (χ0n) is 9.24. The van der Waals surface area contributed by atoms with E-state index in [0.717, 1.165) is 25.1 Å². The van der Waals surface area contributed by atoms with Crippen LogP contribution in [0.3, 0.4) is 0 Å². The van der Waals surface area contributed by atoms with Crippen LogP contribution < -0.4 is 0 Å². The van der Waals surface area contributed by atoms with Crippen molar-refractivity contribution in [2.75, 3.05) is 18.8 Å². The van der Waals surface area contributed by atoms with Crippen LogP contribution in [0.5, 0.6) is 0 Å². The molecule has 1 aliphatic rings. The van der Waals surface area contributed by atoms with Gasteiger partial charge in [-0.15, -0.1) is 0 Å². The van der Waals surface area contributed by atoms with Crippen molar-refractivity contribution in [3.8, 4) is 0 Å². The molecule has 88 valence electrons. The summed E-state index contributed by atoms with van der Waals surface area (Å²) in [5.74, 6) is 0.187. The molecule has 0 bridgehead atoms. The predicted molar refractivity (Wildman–Crippen MR) is 63.6 cm³/mol.